The van der Waals surface area contributed by atoms with Crippen molar-refractivity contribution >= 4 is 0 Å². The average Bonchev–Trinajstić information content (AvgIpc) is 2.54. The Bertz CT molecular complexity index is 180. The van der Waals surface area contributed by atoms with Crippen LogP contribution in [0.4, 0.5) is 0 Å². The topological polar surface area (TPSA) is 69.9 Å². The summed E-state index contributed by atoms with van der Waals surface area (Å²) in [4.78, 5) is 0. The lowest BCUT2D eigenvalue weighted by atomic mass is 10.1. The van der Waals surface area contributed by atoms with E-state index in [1.807, 2.05) is 0 Å². The highest BCUT2D eigenvalue weighted by Gasteiger charge is 1.96. The number of unbranched alkanes of at least 4 members (excludes halogenated alkanes) is 9. The van der Waals surface area contributed by atoms with E-state index in [1.165, 1.54) is 51.4 Å². The number of aliphatic hydroxyl groups is 3. The van der Waals surface area contributed by atoms with E-state index in [1.54, 1.807) is 0 Å². The Morgan fingerprint density at radius 1 is 0.652 bits per heavy atom. The van der Waals surface area contributed by atoms with Crippen LogP contribution in [0.25, 0.3) is 0 Å². The molecule has 0 aromatic rings. The third kappa shape index (κ3) is 30.3. The Balaban J connectivity index is 0. The fraction of sp³-hybridized carbons (Fsp3) is 1.00. The van der Waals surface area contributed by atoms with Gasteiger partial charge in [0.05, 0.1) is 0 Å². The molecule has 0 fully saturated rings. The zero-order valence-electron chi connectivity index (χ0n) is 15.6. The van der Waals surface area contributed by atoms with E-state index >= 15 is 0 Å². The molecule has 0 radical (unpaired) electrons. The molecule has 0 bridgehead atoms. The SMILES string of the molecule is CCCCOCCCC.OCCCCCCCCCCC(O)O. The Morgan fingerprint density at radius 2 is 1.09 bits per heavy atom. The van der Waals surface area contributed by atoms with Gasteiger partial charge in [0.25, 0.3) is 0 Å². The molecule has 3 N–H and O–H groups in total. The van der Waals surface area contributed by atoms with Gasteiger partial charge < -0.3 is 20.1 Å². The van der Waals surface area contributed by atoms with Crippen molar-refractivity contribution in [2.45, 2.75) is 104 Å². The lowest BCUT2D eigenvalue weighted by Gasteiger charge is -2.03. The Hall–Kier alpha value is -0.160. The van der Waals surface area contributed by atoms with Crippen LogP contribution >= 0.6 is 0 Å². The molecule has 0 unspecified atom stereocenters. The molecule has 0 amide bonds. The summed E-state index contributed by atoms with van der Waals surface area (Å²) in [5, 5.41) is 25.7. The van der Waals surface area contributed by atoms with Gasteiger partial charge in [0.2, 0.25) is 0 Å². The van der Waals surface area contributed by atoms with Gasteiger partial charge in [0.1, 0.15) is 0 Å². The smallest absolute Gasteiger partial charge is 0.151 e. The summed E-state index contributed by atoms with van der Waals surface area (Å²) < 4.78 is 5.31. The van der Waals surface area contributed by atoms with Crippen molar-refractivity contribution in [1.29, 1.82) is 0 Å². The Kier molecular flexibility index (Phi) is 26.3. The third-order valence-electron chi connectivity index (χ3n) is 3.65. The minimum Gasteiger partial charge on any atom is -0.396 e. The molecular weight excluding hydrogens is 292 g/mol. The molecule has 23 heavy (non-hydrogen) atoms. The van der Waals surface area contributed by atoms with Gasteiger partial charge >= 0.3 is 0 Å². The van der Waals surface area contributed by atoms with E-state index in [2.05, 4.69) is 13.8 Å². The molecule has 0 aromatic heterocycles. The summed E-state index contributed by atoms with van der Waals surface area (Å²) in [5.41, 5.74) is 0. The standard InChI is InChI=1S/C11H24O3.C8H18O/c12-10-8-6-4-2-1-3-5-7-9-11(13)14;1-3-5-7-9-8-6-4-2/h11-14H,1-10H2;3-8H2,1-2H3. The number of aliphatic hydroxyl groups excluding tert-OH is 2. The minimum absolute atomic E-state index is 0.314. The average molecular weight is 335 g/mol. The summed E-state index contributed by atoms with van der Waals surface area (Å²) in [6.07, 6.45) is 13.2. The van der Waals surface area contributed by atoms with Crippen LogP contribution in [0.5, 0.6) is 0 Å². The molecule has 0 saturated heterocycles. The first-order valence-electron chi connectivity index (χ1n) is 9.73. The van der Waals surface area contributed by atoms with Crippen molar-refractivity contribution < 1.29 is 20.1 Å². The zero-order valence-corrected chi connectivity index (χ0v) is 15.6. The van der Waals surface area contributed by atoms with E-state index in [4.69, 9.17) is 20.1 Å². The molecule has 0 atom stereocenters. The van der Waals surface area contributed by atoms with Crippen molar-refractivity contribution in [1.82, 2.24) is 0 Å². The van der Waals surface area contributed by atoms with E-state index in [0.29, 0.717) is 13.0 Å². The molecular formula is C19H42O4. The molecule has 4 nitrogen and oxygen atoms in total. The lowest BCUT2D eigenvalue weighted by molar-refractivity contribution is -0.0466. The van der Waals surface area contributed by atoms with Crippen LogP contribution in [0.15, 0.2) is 0 Å². The van der Waals surface area contributed by atoms with Crippen molar-refractivity contribution in [2.24, 2.45) is 0 Å². The van der Waals surface area contributed by atoms with Crippen molar-refractivity contribution in [2.75, 3.05) is 19.8 Å². The van der Waals surface area contributed by atoms with Crippen LogP contribution in [-0.4, -0.2) is 41.4 Å². The van der Waals surface area contributed by atoms with Gasteiger partial charge in [0.15, 0.2) is 6.29 Å². The maximum Gasteiger partial charge on any atom is 0.151 e. The van der Waals surface area contributed by atoms with Crippen molar-refractivity contribution in [3.8, 4) is 0 Å². The quantitative estimate of drug-likeness (QED) is 0.289. The first kappa shape index (κ1) is 25.1. The monoisotopic (exact) mass is 334 g/mol. The molecule has 0 heterocycles. The zero-order chi connectivity index (χ0) is 17.6. The fourth-order valence-electron chi connectivity index (χ4n) is 2.09. The van der Waals surface area contributed by atoms with Crippen LogP contribution in [0.2, 0.25) is 0 Å². The van der Waals surface area contributed by atoms with Crippen LogP contribution < -0.4 is 0 Å². The highest BCUT2D eigenvalue weighted by atomic mass is 16.5. The van der Waals surface area contributed by atoms with Gasteiger partial charge in [-0.15, -0.1) is 0 Å². The number of rotatable bonds is 16. The first-order valence-corrected chi connectivity index (χ1v) is 9.73. The van der Waals surface area contributed by atoms with E-state index in [0.717, 1.165) is 38.9 Å². The second-order valence-corrected chi connectivity index (χ2v) is 6.14. The summed E-state index contributed by atoms with van der Waals surface area (Å²) in [6.45, 7) is 6.59. The molecule has 0 rings (SSSR count). The molecule has 0 aromatic carbocycles. The Morgan fingerprint density at radius 3 is 1.48 bits per heavy atom. The molecule has 0 saturated carbocycles. The molecule has 0 aliphatic carbocycles. The van der Waals surface area contributed by atoms with Crippen LogP contribution in [-0.2, 0) is 4.74 Å². The van der Waals surface area contributed by atoms with Crippen molar-refractivity contribution in [3.05, 3.63) is 0 Å². The van der Waals surface area contributed by atoms with E-state index in [9.17, 15) is 0 Å². The van der Waals surface area contributed by atoms with Gasteiger partial charge in [-0.1, -0.05) is 65.2 Å². The number of hydrogen-bond donors (Lipinski definition) is 3. The van der Waals surface area contributed by atoms with E-state index in [-0.39, 0.29) is 0 Å². The second kappa shape index (κ2) is 24.1. The molecule has 4 heteroatoms. The normalized spacial score (nSPS) is 10.7. The molecule has 142 valence electrons. The maximum absolute atomic E-state index is 8.58. The van der Waals surface area contributed by atoms with Crippen LogP contribution in [0.1, 0.15) is 97.3 Å². The summed E-state index contributed by atoms with van der Waals surface area (Å²) in [6, 6.07) is 0. The van der Waals surface area contributed by atoms with Gasteiger partial charge in [0, 0.05) is 19.8 Å². The molecule has 0 spiro atoms. The van der Waals surface area contributed by atoms with Crippen LogP contribution in [0.3, 0.4) is 0 Å². The number of hydrogen-bond acceptors (Lipinski definition) is 4. The third-order valence-corrected chi connectivity index (χ3v) is 3.65. The molecule has 0 aliphatic rings. The van der Waals surface area contributed by atoms with E-state index < -0.39 is 6.29 Å². The van der Waals surface area contributed by atoms with Gasteiger partial charge in [-0.2, -0.15) is 0 Å². The first-order chi connectivity index (χ1) is 11.2. The van der Waals surface area contributed by atoms with Crippen LogP contribution in [0, 0.1) is 0 Å². The lowest BCUT2D eigenvalue weighted by Crippen LogP contribution is -2.02. The fourth-order valence-corrected chi connectivity index (χ4v) is 2.09. The maximum atomic E-state index is 8.58. The summed E-state index contributed by atoms with van der Waals surface area (Å²) in [5.74, 6) is 0. The summed E-state index contributed by atoms with van der Waals surface area (Å²) >= 11 is 0. The Labute approximate surface area is 144 Å². The highest BCUT2D eigenvalue weighted by molar-refractivity contribution is 4.47. The highest BCUT2D eigenvalue weighted by Crippen LogP contribution is 2.09. The van der Waals surface area contributed by atoms with Gasteiger partial charge in [-0.3, -0.25) is 0 Å². The summed E-state index contributed by atoms with van der Waals surface area (Å²) in [7, 11) is 0. The van der Waals surface area contributed by atoms with Crippen molar-refractivity contribution in [3.63, 3.8) is 0 Å². The predicted octanol–water partition coefficient (Wildman–Crippen LogP) is 4.40. The second-order valence-electron chi connectivity index (χ2n) is 6.14. The molecule has 0 aliphatic heterocycles. The van der Waals surface area contributed by atoms with Gasteiger partial charge in [-0.25, -0.2) is 0 Å². The minimum atomic E-state index is -1.13. The largest absolute Gasteiger partial charge is 0.396 e. The predicted molar refractivity (Wildman–Crippen MR) is 97.5 cm³/mol. The van der Waals surface area contributed by atoms with Gasteiger partial charge in [-0.05, 0) is 32.1 Å². The number of ether oxygens (including phenoxy) is 1.